The maximum Gasteiger partial charge on any atom is 0.416 e. The molecular weight excluding hydrogens is 383 g/mol. The van der Waals surface area contributed by atoms with E-state index in [1.54, 1.807) is 13.1 Å². The second-order valence-electron chi connectivity index (χ2n) is 5.80. The number of carbonyl (C=O) groups is 1. The number of hydrogen-bond donors (Lipinski definition) is 0. The van der Waals surface area contributed by atoms with Crippen LogP contribution in [0.2, 0.25) is 0 Å². The predicted molar refractivity (Wildman–Crippen MR) is 95.3 cm³/mol. The number of benzene rings is 1. The van der Waals surface area contributed by atoms with Crippen molar-refractivity contribution in [2.75, 3.05) is 19.1 Å². The van der Waals surface area contributed by atoms with Gasteiger partial charge in [-0.1, -0.05) is 12.1 Å². The number of halogens is 3. The molecule has 0 aliphatic heterocycles. The standard InChI is InChI=1S/C18H14F3NO4S/c1-22(9-10-3-5-11(6-4-10)18(19,20)21)15-8-13-14(27-15)7-12(16(23)25-2)17(24)26-13/h3-8H,9H2,1-2H3. The van der Waals surface area contributed by atoms with Crippen LogP contribution in [0.3, 0.4) is 0 Å². The first kappa shape index (κ1) is 19.0. The molecule has 0 radical (unpaired) electrons. The summed E-state index contributed by atoms with van der Waals surface area (Å²) in [4.78, 5) is 25.2. The normalized spacial score (nSPS) is 11.6. The number of thiophene rings is 1. The fraction of sp³-hybridized carbons (Fsp3) is 0.222. The SMILES string of the molecule is COC(=O)c1cc2sc(N(C)Cc3ccc(C(F)(F)F)cc3)cc2oc1=O. The molecule has 27 heavy (non-hydrogen) atoms. The van der Waals surface area contributed by atoms with Crippen LogP contribution in [0.25, 0.3) is 10.3 Å². The molecule has 2 heterocycles. The first-order valence-electron chi connectivity index (χ1n) is 7.72. The van der Waals surface area contributed by atoms with E-state index in [0.717, 1.165) is 17.1 Å². The fourth-order valence-electron chi connectivity index (χ4n) is 2.49. The Balaban J connectivity index is 1.84. The van der Waals surface area contributed by atoms with Crippen molar-refractivity contribution < 1.29 is 27.1 Å². The number of methoxy groups -OCH3 is 1. The van der Waals surface area contributed by atoms with E-state index >= 15 is 0 Å². The van der Waals surface area contributed by atoms with Gasteiger partial charge in [0.15, 0.2) is 5.58 Å². The van der Waals surface area contributed by atoms with E-state index in [0.29, 0.717) is 22.4 Å². The smallest absolute Gasteiger partial charge is 0.416 e. The van der Waals surface area contributed by atoms with Crippen LogP contribution in [-0.4, -0.2) is 20.1 Å². The van der Waals surface area contributed by atoms with Crippen molar-refractivity contribution in [1.29, 1.82) is 0 Å². The van der Waals surface area contributed by atoms with Crippen molar-refractivity contribution in [3.8, 4) is 0 Å². The topological polar surface area (TPSA) is 59.8 Å². The van der Waals surface area contributed by atoms with Crippen molar-refractivity contribution in [3.05, 3.63) is 63.5 Å². The third-order valence-electron chi connectivity index (χ3n) is 3.89. The van der Waals surface area contributed by atoms with Crippen molar-refractivity contribution in [2.24, 2.45) is 0 Å². The zero-order valence-corrected chi connectivity index (χ0v) is 15.1. The summed E-state index contributed by atoms with van der Waals surface area (Å²) in [6.07, 6.45) is -4.37. The van der Waals surface area contributed by atoms with Gasteiger partial charge in [0.1, 0.15) is 5.56 Å². The number of nitrogens with zero attached hydrogens (tertiary/aromatic N) is 1. The Morgan fingerprint density at radius 1 is 1.22 bits per heavy atom. The molecule has 0 unspecified atom stereocenters. The predicted octanol–water partition coefficient (Wildman–Crippen LogP) is 4.30. The maximum atomic E-state index is 12.6. The first-order chi connectivity index (χ1) is 12.7. The molecule has 0 saturated carbocycles. The van der Waals surface area contributed by atoms with Gasteiger partial charge in [-0.2, -0.15) is 13.2 Å². The molecule has 3 rings (SSSR count). The van der Waals surface area contributed by atoms with Crippen molar-refractivity contribution in [2.45, 2.75) is 12.7 Å². The van der Waals surface area contributed by atoms with E-state index in [4.69, 9.17) is 4.42 Å². The Kier molecular flexibility index (Phi) is 4.97. The number of alkyl halides is 3. The summed E-state index contributed by atoms with van der Waals surface area (Å²) in [6, 6.07) is 7.97. The second-order valence-corrected chi connectivity index (χ2v) is 6.87. The van der Waals surface area contributed by atoms with Gasteiger partial charge in [-0.25, -0.2) is 9.59 Å². The van der Waals surface area contributed by atoms with Gasteiger partial charge in [0.05, 0.1) is 22.4 Å². The summed E-state index contributed by atoms with van der Waals surface area (Å²) in [7, 11) is 2.94. The molecule has 0 N–H and O–H groups in total. The van der Waals surface area contributed by atoms with Crippen LogP contribution in [0.5, 0.6) is 0 Å². The number of carbonyl (C=O) groups excluding carboxylic acids is 1. The molecule has 3 aromatic rings. The van der Waals surface area contributed by atoms with Gasteiger partial charge in [0.2, 0.25) is 0 Å². The van der Waals surface area contributed by atoms with E-state index in [-0.39, 0.29) is 5.56 Å². The molecular formula is C18H14F3NO4S. The maximum absolute atomic E-state index is 12.6. The number of anilines is 1. The average Bonchev–Trinajstić information content (AvgIpc) is 3.03. The van der Waals surface area contributed by atoms with Gasteiger partial charge >= 0.3 is 17.8 Å². The molecule has 2 aromatic heterocycles. The summed E-state index contributed by atoms with van der Waals surface area (Å²) in [5.74, 6) is -0.779. The van der Waals surface area contributed by atoms with Crippen molar-refractivity contribution in [3.63, 3.8) is 0 Å². The molecule has 9 heteroatoms. The molecule has 0 bridgehead atoms. The molecule has 0 fully saturated rings. The van der Waals surface area contributed by atoms with Gasteiger partial charge in [0.25, 0.3) is 0 Å². The highest BCUT2D eigenvalue weighted by atomic mass is 32.1. The lowest BCUT2D eigenvalue weighted by molar-refractivity contribution is -0.137. The molecule has 0 amide bonds. The monoisotopic (exact) mass is 397 g/mol. The minimum absolute atomic E-state index is 0.191. The number of fused-ring (bicyclic) bond motifs is 1. The van der Waals surface area contributed by atoms with E-state index in [1.165, 1.54) is 36.6 Å². The van der Waals surface area contributed by atoms with Crippen LogP contribution >= 0.6 is 11.3 Å². The molecule has 1 aromatic carbocycles. The summed E-state index contributed by atoms with van der Waals surface area (Å²) in [6.45, 7) is 0.360. The number of hydrogen-bond acceptors (Lipinski definition) is 6. The largest absolute Gasteiger partial charge is 0.465 e. The number of rotatable bonds is 4. The van der Waals surface area contributed by atoms with E-state index in [2.05, 4.69) is 4.74 Å². The van der Waals surface area contributed by atoms with Gasteiger partial charge in [-0.3, -0.25) is 0 Å². The third kappa shape index (κ3) is 3.97. The van der Waals surface area contributed by atoms with Crippen LogP contribution in [0, 0.1) is 0 Å². The summed E-state index contributed by atoms with van der Waals surface area (Å²) < 4.78 is 48.2. The van der Waals surface area contributed by atoms with Crippen LogP contribution in [0.15, 0.2) is 45.6 Å². The lowest BCUT2D eigenvalue weighted by atomic mass is 10.1. The van der Waals surface area contributed by atoms with Crippen molar-refractivity contribution in [1.82, 2.24) is 0 Å². The molecule has 142 valence electrons. The highest BCUT2D eigenvalue weighted by molar-refractivity contribution is 7.22. The van der Waals surface area contributed by atoms with Gasteiger partial charge in [-0.15, -0.1) is 11.3 Å². The zero-order chi connectivity index (χ0) is 19.8. The minimum atomic E-state index is -4.37. The van der Waals surface area contributed by atoms with Gasteiger partial charge < -0.3 is 14.1 Å². The zero-order valence-electron chi connectivity index (χ0n) is 14.3. The van der Waals surface area contributed by atoms with Crippen LogP contribution in [0.1, 0.15) is 21.5 Å². The van der Waals surface area contributed by atoms with Gasteiger partial charge in [0, 0.05) is 19.7 Å². The quantitative estimate of drug-likeness (QED) is 0.615. The Labute approximate surface area is 155 Å². The van der Waals surface area contributed by atoms with Crippen molar-refractivity contribution >= 4 is 32.6 Å². The molecule has 0 spiro atoms. The Bertz CT molecular complexity index is 1040. The fourth-order valence-corrected chi connectivity index (χ4v) is 3.48. The Morgan fingerprint density at radius 2 is 1.89 bits per heavy atom. The molecule has 5 nitrogen and oxygen atoms in total. The highest BCUT2D eigenvalue weighted by Gasteiger charge is 2.30. The molecule has 0 aliphatic carbocycles. The Hall–Kier alpha value is -2.81. The summed E-state index contributed by atoms with van der Waals surface area (Å²) in [5, 5.41) is 0.732. The summed E-state index contributed by atoms with van der Waals surface area (Å²) >= 11 is 1.29. The van der Waals surface area contributed by atoms with Crippen LogP contribution in [0.4, 0.5) is 18.2 Å². The van der Waals surface area contributed by atoms with E-state index < -0.39 is 23.3 Å². The third-order valence-corrected chi connectivity index (χ3v) is 5.07. The van der Waals surface area contributed by atoms with Gasteiger partial charge in [-0.05, 0) is 23.8 Å². The second kappa shape index (κ2) is 7.07. The Morgan fingerprint density at radius 3 is 2.48 bits per heavy atom. The average molecular weight is 397 g/mol. The minimum Gasteiger partial charge on any atom is -0.465 e. The number of esters is 1. The van der Waals surface area contributed by atoms with Crippen LogP contribution < -0.4 is 10.5 Å². The lowest BCUT2D eigenvalue weighted by Crippen LogP contribution is -2.15. The first-order valence-corrected chi connectivity index (χ1v) is 8.54. The molecule has 0 aliphatic rings. The highest BCUT2D eigenvalue weighted by Crippen LogP contribution is 2.33. The van der Waals surface area contributed by atoms with Crippen LogP contribution in [-0.2, 0) is 17.5 Å². The summed E-state index contributed by atoms with van der Waals surface area (Å²) in [5.41, 5.74) is -0.660. The number of ether oxygens (including phenoxy) is 1. The lowest BCUT2D eigenvalue weighted by Gasteiger charge is -2.17. The van der Waals surface area contributed by atoms with E-state index in [1.807, 2.05) is 4.90 Å². The molecule has 0 atom stereocenters. The molecule has 0 saturated heterocycles. The van der Waals surface area contributed by atoms with E-state index in [9.17, 15) is 22.8 Å².